The zero-order chi connectivity index (χ0) is 11.4. The first-order valence-electron chi connectivity index (χ1n) is 4.40. The van der Waals surface area contributed by atoms with Gasteiger partial charge in [0.05, 0.1) is 19.4 Å². The van der Waals surface area contributed by atoms with Crippen molar-refractivity contribution in [1.29, 1.82) is 0 Å². The molecule has 0 saturated heterocycles. The van der Waals surface area contributed by atoms with E-state index in [0.29, 0.717) is 28.1 Å². The number of methoxy groups -OCH3 is 1. The van der Waals surface area contributed by atoms with Crippen molar-refractivity contribution in [1.82, 2.24) is 0 Å². The van der Waals surface area contributed by atoms with Gasteiger partial charge in [-0.05, 0) is 35.0 Å². The quantitative estimate of drug-likeness (QED) is 0.678. The van der Waals surface area contributed by atoms with Crippen molar-refractivity contribution < 1.29 is 14.3 Å². The lowest BCUT2D eigenvalue weighted by atomic mass is 10.2. The van der Waals surface area contributed by atoms with Crippen molar-refractivity contribution in [2.24, 2.45) is 0 Å². The van der Waals surface area contributed by atoms with Crippen LogP contribution in [0.15, 0.2) is 16.6 Å². The number of benzene rings is 1. The van der Waals surface area contributed by atoms with Crippen LogP contribution in [0.3, 0.4) is 0 Å². The molecule has 82 valence electrons. The van der Waals surface area contributed by atoms with Crippen LogP contribution in [0.2, 0.25) is 0 Å². The van der Waals surface area contributed by atoms with E-state index < -0.39 is 5.97 Å². The second-order valence-electron chi connectivity index (χ2n) is 2.76. The number of nitrogens with two attached hydrogens (primary N) is 1. The minimum Gasteiger partial charge on any atom is -0.494 e. The summed E-state index contributed by atoms with van der Waals surface area (Å²) in [5, 5.41) is 0. The van der Waals surface area contributed by atoms with E-state index in [1.807, 2.05) is 0 Å². The van der Waals surface area contributed by atoms with Crippen LogP contribution in [0.5, 0.6) is 5.75 Å². The summed E-state index contributed by atoms with van der Waals surface area (Å²) in [6.45, 7) is 2.06. The van der Waals surface area contributed by atoms with Gasteiger partial charge in [0, 0.05) is 4.47 Å². The van der Waals surface area contributed by atoms with E-state index in [1.165, 1.54) is 7.11 Å². The minimum atomic E-state index is -0.437. The van der Waals surface area contributed by atoms with Crippen molar-refractivity contribution in [3.8, 4) is 5.75 Å². The first-order valence-corrected chi connectivity index (χ1v) is 5.20. The molecule has 0 spiro atoms. The molecule has 15 heavy (non-hydrogen) atoms. The number of rotatable bonds is 3. The van der Waals surface area contributed by atoms with Crippen LogP contribution in [-0.4, -0.2) is 19.7 Å². The van der Waals surface area contributed by atoms with Crippen molar-refractivity contribution in [2.45, 2.75) is 6.92 Å². The van der Waals surface area contributed by atoms with Crippen molar-refractivity contribution in [3.05, 3.63) is 22.2 Å². The van der Waals surface area contributed by atoms with E-state index in [9.17, 15) is 4.79 Å². The summed E-state index contributed by atoms with van der Waals surface area (Å²) in [6.07, 6.45) is 0. The Bertz CT molecular complexity index is 379. The number of ether oxygens (including phenoxy) is 2. The number of halogens is 1. The highest BCUT2D eigenvalue weighted by atomic mass is 79.9. The Morgan fingerprint density at radius 1 is 1.53 bits per heavy atom. The lowest BCUT2D eigenvalue weighted by Crippen LogP contribution is -2.08. The van der Waals surface area contributed by atoms with Crippen LogP contribution < -0.4 is 10.5 Å². The minimum absolute atomic E-state index is 0.317. The van der Waals surface area contributed by atoms with E-state index in [1.54, 1.807) is 19.1 Å². The monoisotopic (exact) mass is 273 g/mol. The second kappa shape index (κ2) is 5.02. The standard InChI is InChI=1S/C10H12BrNO3/c1-3-15-10(13)6-4-5-7(11)8(12)9(6)14-2/h4-5H,3,12H2,1-2H3. The van der Waals surface area contributed by atoms with Crippen LogP contribution in [-0.2, 0) is 4.74 Å². The molecule has 0 aliphatic rings. The smallest absolute Gasteiger partial charge is 0.341 e. The van der Waals surface area contributed by atoms with Gasteiger partial charge in [-0.15, -0.1) is 0 Å². The van der Waals surface area contributed by atoms with Gasteiger partial charge in [0.25, 0.3) is 0 Å². The molecule has 0 aromatic heterocycles. The Kier molecular flexibility index (Phi) is 3.96. The van der Waals surface area contributed by atoms with Crippen molar-refractivity contribution in [3.63, 3.8) is 0 Å². The fourth-order valence-electron chi connectivity index (χ4n) is 1.17. The molecule has 0 atom stereocenters. The van der Waals surface area contributed by atoms with Crippen molar-refractivity contribution in [2.75, 3.05) is 19.5 Å². The molecule has 5 heteroatoms. The summed E-state index contributed by atoms with van der Waals surface area (Å²) in [4.78, 5) is 11.5. The fourth-order valence-corrected chi connectivity index (χ4v) is 1.48. The lowest BCUT2D eigenvalue weighted by molar-refractivity contribution is 0.0523. The second-order valence-corrected chi connectivity index (χ2v) is 3.62. The Hall–Kier alpha value is -1.23. The molecule has 0 saturated carbocycles. The molecule has 0 aliphatic carbocycles. The number of anilines is 1. The number of hydrogen-bond donors (Lipinski definition) is 1. The Morgan fingerprint density at radius 2 is 2.20 bits per heavy atom. The first-order chi connectivity index (χ1) is 7.11. The maximum Gasteiger partial charge on any atom is 0.341 e. The van der Waals surface area contributed by atoms with E-state index in [4.69, 9.17) is 15.2 Å². The molecule has 0 heterocycles. The number of nitrogen functional groups attached to an aromatic ring is 1. The SMILES string of the molecule is CCOC(=O)c1ccc(Br)c(N)c1OC. The molecular formula is C10H12BrNO3. The molecule has 0 bridgehead atoms. The molecule has 0 fully saturated rings. The summed E-state index contributed by atoms with van der Waals surface area (Å²) < 4.78 is 10.6. The third-order valence-corrected chi connectivity index (χ3v) is 2.53. The van der Waals surface area contributed by atoms with Crippen LogP contribution in [0, 0.1) is 0 Å². The number of esters is 1. The predicted molar refractivity (Wildman–Crippen MR) is 61.1 cm³/mol. The molecule has 0 unspecified atom stereocenters. The van der Waals surface area contributed by atoms with Crippen molar-refractivity contribution >= 4 is 27.6 Å². The molecule has 1 aromatic rings. The van der Waals surface area contributed by atoms with E-state index in [2.05, 4.69) is 15.9 Å². The van der Waals surface area contributed by atoms with Gasteiger partial charge in [0.15, 0.2) is 5.75 Å². The maximum absolute atomic E-state index is 11.5. The van der Waals surface area contributed by atoms with Crippen LogP contribution in [0.25, 0.3) is 0 Å². The normalized spacial score (nSPS) is 9.80. The third-order valence-electron chi connectivity index (χ3n) is 1.84. The number of hydrogen-bond acceptors (Lipinski definition) is 4. The van der Waals surface area contributed by atoms with Gasteiger partial charge >= 0.3 is 5.97 Å². The first kappa shape index (κ1) is 11.8. The number of carbonyl (C=O) groups is 1. The van der Waals surface area contributed by atoms with E-state index in [0.717, 1.165) is 0 Å². The molecule has 1 rings (SSSR count). The van der Waals surface area contributed by atoms with Gasteiger partial charge in [-0.1, -0.05) is 0 Å². The Labute approximate surface area is 96.5 Å². The Morgan fingerprint density at radius 3 is 2.73 bits per heavy atom. The zero-order valence-corrected chi connectivity index (χ0v) is 10.1. The topological polar surface area (TPSA) is 61.5 Å². The Balaban J connectivity index is 3.18. The third kappa shape index (κ3) is 2.41. The summed E-state index contributed by atoms with van der Waals surface area (Å²) in [7, 11) is 1.46. The largest absolute Gasteiger partial charge is 0.494 e. The summed E-state index contributed by atoms with van der Waals surface area (Å²) >= 11 is 3.25. The predicted octanol–water partition coefficient (Wildman–Crippen LogP) is 2.22. The highest BCUT2D eigenvalue weighted by Gasteiger charge is 2.17. The molecule has 4 nitrogen and oxygen atoms in total. The average molecular weight is 274 g/mol. The highest BCUT2D eigenvalue weighted by molar-refractivity contribution is 9.10. The van der Waals surface area contributed by atoms with Gasteiger partial charge < -0.3 is 15.2 Å². The van der Waals surface area contributed by atoms with Gasteiger partial charge in [-0.25, -0.2) is 4.79 Å². The molecule has 0 amide bonds. The van der Waals surface area contributed by atoms with Gasteiger partial charge in [0.1, 0.15) is 5.56 Å². The van der Waals surface area contributed by atoms with E-state index in [-0.39, 0.29) is 0 Å². The average Bonchev–Trinajstić information content (AvgIpc) is 2.22. The summed E-state index contributed by atoms with van der Waals surface area (Å²) in [5.74, 6) is -0.101. The van der Waals surface area contributed by atoms with Gasteiger partial charge in [0.2, 0.25) is 0 Å². The molecular weight excluding hydrogens is 262 g/mol. The van der Waals surface area contributed by atoms with Crippen LogP contribution in [0.4, 0.5) is 5.69 Å². The zero-order valence-electron chi connectivity index (χ0n) is 8.54. The van der Waals surface area contributed by atoms with Crippen LogP contribution in [0.1, 0.15) is 17.3 Å². The maximum atomic E-state index is 11.5. The molecule has 1 aromatic carbocycles. The molecule has 0 aliphatic heterocycles. The summed E-state index contributed by atoms with van der Waals surface area (Å²) in [5.41, 5.74) is 6.47. The fraction of sp³-hybridized carbons (Fsp3) is 0.300. The molecule has 2 N–H and O–H groups in total. The van der Waals surface area contributed by atoms with Gasteiger partial charge in [-0.3, -0.25) is 0 Å². The van der Waals surface area contributed by atoms with Gasteiger partial charge in [-0.2, -0.15) is 0 Å². The van der Waals surface area contributed by atoms with E-state index >= 15 is 0 Å². The van der Waals surface area contributed by atoms with Crippen LogP contribution >= 0.6 is 15.9 Å². The lowest BCUT2D eigenvalue weighted by Gasteiger charge is -2.11. The molecule has 0 radical (unpaired) electrons. The number of carbonyl (C=O) groups excluding carboxylic acids is 1. The summed E-state index contributed by atoms with van der Waals surface area (Å²) in [6, 6.07) is 3.29. The highest BCUT2D eigenvalue weighted by Crippen LogP contribution is 2.33.